The van der Waals surface area contributed by atoms with Gasteiger partial charge in [-0.2, -0.15) is 5.26 Å². The van der Waals surface area contributed by atoms with Crippen LogP contribution in [0.2, 0.25) is 0 Å². The lowest BCUT2D eigenvalue weighted by Crippen LogP contribution is -2.24. The first-order valence-electron chi connectivity index (χ1n) is 8.74. The van der Waals surface area contributed by atoms with Crippen molar-refractivity contribution in [2.45, 2.75) is 32.2 Å². The van der Waals surface area contributed by atoms with E-state index in [0.717, 1.165) is 30.4 Å². The molecule has 0 saturated carbocycles. The topological polar surface area (TPSA) is 114 Å². The van der Waals surface area contributed by atoms with Gasteiger partial charge in [0, 0.05) is 12.1 Å². The van der Waals surface area contributed by atoms with Crippen molar-refractivity contribution in [3.63, 3.8) is 0 Å². The van der Waals surface area contributed by atoms with Crippen LogP contribution < -0.4 is 5.32 Å². The quantitative estimate of drug-likeness (QED) is 0.378. The minimum atomic E-state index is -0.525. The normalized spacial score (nSPS) is 13.5. The highest BCUT2D eigenvalue weighted by Crippen LogP contribution is 2.39. The molecule has 2 aromatic carbocycles. The highest BCUT2D eigenvalue weighted by Gasteiger charge is 2.20. The molecule has 138 valence electrons. The largest absolute Gasteiger partial charge is 0.508 e. The van der Waals surface area contributed by atoms with Crippen molar-refractivity contribution in [2.75, 3.05) is 0 Å². The van der Waals surface area contributed by atoms with Gasteiger partial charge in [0.2, 0.25) is 0 Å². The summed E-state index contributed by atoms with van der Waals surface area (Å²) in [4.78, 5) is 12.4. The van der Waals surface area contributed by atoms with Crippen LogP contribution in [0.5, 0.6) is 17.2 Å². The van der Waals surface area contributed by atoms with E-state index in [1.165, 1.54) is 24.3 Å². The van der Waals surface area contributed by atoms with Gasteiger partial charge in [0.25, 0.3) is 5.91 Å². The summed E-state index contributed by atoms with van der Waals surface area (Å²) in [5.41, 5.74) is 2.85. The molecule has 27 heavy (non-hydrogen) atoms. The minimum Gasteiger partial charge on any atom is -0.508 e. The molecule has 0 radical (unpaired) electrons. The third kappa shape index (κ3) is 4.04. The number of nitrogens with zero attached hydrogens (tertiary/aromatic N) is 1. The lowest BCUT2D eigenvalue weighted by molar-refractivity contribution is -0.117. The average molecular weight is 364 g/mol. The Morgan fingerprint density at radius 1 is 1.11 bits per heavy atom. The zero-order chi connectivity index (χ0) is 19.4. The molecular formula is C21H20N2O4. The van der Waals surface area contributed by atoms with Gasteiger partial charge in [-0.3, -0.25) is 4.79 Å². The van der Waals surface area contributed by atoms with Crippen LogP contribution in [0, 0.1) is 11.3 Å². The molecule has 1 amide bonds. The molecule has 6 heteroatoms. The molecule has 0 aromatic heterocycles. The molecule has 1 aliphatic carbocycles. The molecule has 6 nitrogen and oxygen atoms in total. The van der Waals surface area contributed by atoms with Gasteiger partial charge >= 0.3 is 0 Å². The number of rotatable bonds is 4. The fourth-order valence-corrected chi connectivity index (χ4v) is 3.27. The number of nitriles is 1. The summed E-state index contributed by atoms with van der Waals surface area (Å²) in [5.74, 6) is -0.747. The minimum absolute atomic E-state index is 0.0772. The van der Waals surface area contributed by atoms with Gasteiger partial charge in [-0.1, -0.05) is 12.1 Å². The number of phenols is 3. The molecule has 0 saturated heterocycles. The zero-order valence-electron chi connectivity index (χ0n) is 14.7. The van der Waals surface area contributed by atoms with Crippen LogP contribution in [0.25, 0.3) is 6.08 Å². The number of carbonyl (C=O) groups is 1. The number of fused-ring (bicyclic) bond motifs is 1. The number of phenolic OH excluding ortho intramolecular Hbond substituents is 3. The molecule has 1 aliphatic rings. The van der Waals surface area contributed by atoms with Crippen LogP contribution in [0.1, 0.15) is 35.1 Å². The molecule has 4 N–H and O–H groups in total. The van der Waals surface area contributed by atoms with Gasteiger partial charge in [0.1, 0.15) is 17.4 Å². The second kappa shape index (κ2) is 7.83. The smallest absolute Gasteiger partial charge is 0.262 e. The Labute approximate surface area is 157 Å². The van der Waals surface area contributed by atoms with Gasteiger partial charge < -0.3 is 20.6 Å². The average Bonchev–Trinajstić information content (AvgIpc) is 2.69. The van der Waals surface area contributed by atoms with E-state index < -0.39 is 5.91 Å². The first-order valence-corrected chi connectivity index (χ1v) is 8.74. The zero-order valence-corrected chi connectivity index (χ0v) is 14.7. The van der Waals surface area contributed by atoms with Crippen LogP contribution in [0.15, 0.2) is 35.9 Å². The number of nitrogens with one attached hydrogen (secondary N) is 1. The maximum atomic E-state index is 12.4. The Balaban J connectivity index is 1.84. The van der Waals surface area contributed by atoms with E-state index in [9.17, 15) is 25.4 Å². The summed E-state index contributed by atoms with van der Waals surface area (Å²) in [6, 6.07) is 9.70. The van der Waals surface area contributed by atoms with E-state index in [4.69, 9.17) is 0 Å². The summed E-state index contributed by atoms with van der Waals surface area (Å²) in [5, 5.41) is 41.4. The van der Waals surface area contributed by atoms with Crippen molar-refractivity contribution in [3.05, 3.63) is 58.2 Å². The molecule has 0 aliphatic heterocycles. The van der Waals surface area contributed by atoms with Gasteiger partial charge in [0.15, 0.2) is 11.5 Å². The van der Waals surface area contributed by atoms with E-state index >= 15 is 0 Å². The van der Waals surface area contributed by atoms with Gasteiger partial charge in [0.05, 0.1) is 0 Å². The highest BCUT2D eigenvalue weighted by atomic mass is 16.3. The number of amides is 1. The van der Waals surface area contributed by atoms with Gasteiger partial charge in [-0.15, -0.1) is 0 Å². The molecular weight excluding hydrogens is 344 g/mol. The van der Waals surface area contributed by atoms with E-state index in [-0.39, 0.29) is 29.4 Å². The van der Waals surface area contributed by atoms with Crippen LogP contribution in [0.3, 0.4) is 0 Å². The monoisotopic (exact) mass is 364 g/mol. The third-order valence-electron chi connectivity index (χ3n) is 4.69. The molecule has 0 fully saturated rings. The summed E-state index contributed by atoms with van der Waals surface area (Å²) in [7, 11) is 0. The van der Waals surface area contributed by atoms with Crippen molar-refractivity contribution in [3.8, 4) is 23.3 Å². The molecule has 0 atom stereocenters. The lowest BCUT2D eigenvalue weighted by Gasteiger charge is -2.20. The molecule has 0 unspecified atom stereocenters. The first kappa shape index (κ1) is 18.3. The Morgan fingerprint density at radius 3 is 2.44 bits per heavy atom. The van der Waals surface area contributed by atoms with Crippen LogP contribution in [-0.2, 0) is 24.2 Å². The van der Waals surface area contributed by atoms with E-state index in [0.29, 0.717) is 17.5 Å². The highest BCUT2D eigenvalue weighted by molar-refractivity contribution is 6.02. The molecule has 0 bridgehead atoms. The summed E-state index contributed by atoms with van der Waals surface area (Å²) >= 11 is 0. The van der Waals surface area contributed by atoms with Crippen molar-refractivity contribution < 1.29 is 20.1 Å². The Hall–Kier alpha value is -3.46. The third-order valence-corrected chi connectivity index (χ3v) is 4.69. The first-order chi connectivity index (χ1) is 13.0. The number of hydrogen-bond acceptors (Lipinski definition) is 5. The number of carbonyl (C=O) groups excluding carboxylic acids is 1. The predicted octanol–water partition coefficient (Wildman–Crippen LogP) is 2.91. The lowest BCUT2D eigenvalue weighted by atomic mass is 9.86. The van der Waals surface area contributed by atoms with Crippen LogP contribution in [-0.4, -0.2) is 21.2 Å². The van der Waals surface area contributed by atoms with Crippen LogP contribution in [0.4, 0.5) is 0 Å². The van der Waals surface area contributed by atoms with E-state index in [2.05, 4.69) is 5.32 Å². The SMILES string of the molecule is N#CC(=Cc1cc(O)c(O)c2c1CCCC2)C(=O)NCc1ccc(O)cc1. The molecule has 0 spiro atoms. The number of aromatic hydroxyl groups is 3. The van der Waals surface area contributed by atoms with Crippen LogP contribution >= 0.6 is 0 Å². The van der Waals surface area contributed by atoms with Crippen molar-refractivity contribution in [1.82, 2.24) is 5.32 Å². The molecule has 3 rings (SSSR count). The second-order valence-corrected chi connectivity index (χ2v) is 6.52. The van der Waals surface area contributed by atoms with Gasteiger partial charge in [-0.05, 0) is 66.6 Å². The summed E-state index contributed by atoms with van der Waals surface area (Å²) < 4.78 is 0. The maximum Gasteiger partial charge on any atom is 0.262 e. The summed E-state index contributed by atoms with van der Waals surface area (Å²) in [6.45, 7) is 0.219. The Kier molecular flexibility index (Phi) is 5.32. The molecule has 2 aromatic rings. The van der Waals surface area contributed by atoms with E-state index in [1.54, 1.807) is 12.1 Å². The second-order valence-electron chi connectivity index (χ2n) is 6.52. The van der Waals surface area contributed by atoms with Crippen molar-refractivity contribution in [2.24, 2.45) is 0 Å². The maximum absolute atomic E-state index is 12.4. The number of hydrogen-bond donors (Lipinski definition) is 4. The fraction of sp³-hybridized carbons (Fsp3) is 0.238. The summed E-state index contributed by atoms with van der Waals surface area (Å²) in [6.07, 6.45) is 4.71. The standard InChI is InChI=1S/C21H20N2O4/c22-11-15(21(27)23-12-13-5-7-16(24)8-6-13)9-14-10-19(25)20(26)18-4-2-1-3-17(14)18/h5-10,24-26H,1-4,12H2,(H,23,27). The fourth-order valence-electron chi connectivity index (χ4n) is 3.27. The molecule has 0 heterocycles. The van der Waals surface area contributed by atoms with Gasteiger partial charge in [-0.25, -0.2) is 0 Å². The predicted molar refractivity (Wildman–Crippen MR) is 100.0 cm³/mol. The van der Waals surface area contributed by atoms with Crippen molar-refractivity contribution in [1.29, 1.82) is 5.26 Å². The number of benzene rings is 2. The van der Waals surface area contributed by atoms with E-state index in [1.807, 2.05) is 6.07 Å². The Morgan fingerprint density at radius 2 is 1.78 bits per heavy atom. The Bertz CT molecular complexity index is 940. The van der Waals surface area contributed by atoms with Crippen molar-refractivity contribution >= 4 is 12.0 Å².